The number of hydrogen-bond acceptors (Lipinski definition) is 8. The number of aliphatic hydroxyl groups excluding tert-OH is 2. The van der Waals surface area contributed by atoms with Crippen LogP contribution in [0.3, 0.4) is 0 Å². The SMILES string of the molecule is C.[2H]c1c([2H])c([2H])c2c(C(=O)c3cc(Br)c(C)c(Br)c3)c(C(C)Cl)oc2c1[2H].[2H]c1cc([2H])c2c(C(=O)c3cc(Br)c(C)c(Br)c3)c(C(C)O)oc2c1.[2H]c1cc([2H])c2oc(C(C)O)c(C(=O)c3cc(Br)c(C)c(Br)c3)c2c1. The molecule has 0 amide bonds. The van der Waals surface area contributed by atoms with Crippen LogP contribution in [0.5, 0.6) is 0 Å². The lowest BCUT2D eigenvalue weighted by Gasteiger charge is -2.08. The van der Waals surface area contributed by atoms with Crippen molar-refractivity contribution in [2.75, 3.05) is 0 Å². The first-order valence-electron chi connectivity index (χ1n) is 24.6. The Labute approximate surface area is 472 Å². The Morgan fingerprint density at radius 3 is 1.29 bits per heavy atom. The number of alkyl halides is 1. The van der Waals surface area contributed by atoms with Gasteiger partial charge in [-0.3, -0.25) is 14.4 Å². The second-order valence-corrected chi connectivity index (χ2v) is 21.3. The second kappa shape index (κ2) is 23.3. The predicted molar refractivity (Wildman–Crippen MR) is 301 cm³/mol. The molecule has 3 atom stereocenters. The molecule has 3 unspecified atom stereocenters. The lowest BCUT2D eigenvalue weighted by molar-refractivity contribution is 0.102. The molecule has 15 heteroatoms. The molecule has 362 valence electrons. The summed E-state index contributed by atoms with van der Waals surface area (Å²) in [4.78, 5) is 39.6. The normalized spacial score (nSPS) is 14.0. The van der Waals surface area contributed by atoms with E-state index < -0.39 is 35.5 Å². The van der Waals surface area contributed by atoms with E-state index in [1.54, 1.807) is 43.3 Å². The van der Waals surface area contributed by atoms with Gasteiger partial charge in [0.05, 0.1) is 33.0 Å². The number of rotatable bonds is 9. The van der Waals surface area contributed by atoms with E-state index in [-0.39, 0.29) is 111 Å². The van der Waals surface area contributed by atoms with Gasteiger partial charge in [-0.05, 0) is 113 Å². The maximum absolute atomic E-state index is 13.3. The molecule has 0 aliphatic rings. The van der Waals surface area contributed by atoms with Gasteiger partial charge in [0.2, 0.25) is 0 Å². The summed E-state index contributed by atoms with van der Waals surface area (Å²) in [5.74, 6) is -0.777. The quantitative estimate of drug-likeness (QED) is 0.108. The molecule has 9 aromatic rings. The molecule has 70 heavy (non-hydrogen) atoms. The zero-order chi connectivity index (χ0) is 57.1. The maximum atomic E-state index is 13.3. The molecule has 2 N–H and O–H groups in total. The van der Waals surface area contributed by atoms with Gasteiger partial charge >= 0.3 is 0 Å². The fourth-order valence-corrected chi connectivity index (χ4v) is 10.7. The Morgan fingerprint density at radius 2 is 0.843 bits per heavy atom. The first-order chi connectivity index (χ1) is 36.0. The van der Waals surface area contributed by atoms with E-state index in [1.165, 1.54) is 38.1 Å². The van der Waals surface area contributed by atoms with Gasteiger partial charge < -0.3 is 23.5 Å². The largest absolute Gasteiger partial charge is 0.459 e. The van der Waals surface area contributed by atoms with Gasteiger partial charge in [0, 0.05) is 59.7 Å². The summed E-state index contributed by atoms with van der Waals surface area (Å²) in [5.41, 5.74) is 4.80. The summed E-state index contributed by atoms with van der Waals surface area (Å²) in [6, 6.07) is 14.5. The van der Waals surface area contributed by atoms with Crippen molar-refractivity contribution >= 4 is 157 Å². The molecule has 0 saturated carbocycles. The van der Waals surface area contributed by atoms with Gasteiger partial charge in [0.15, 0.2) is 17.3 Å². The number of carbonyl (C=O) groups excluding carboxylic acids is 3. The van der Waals surface area contributed by atoms with E-state index in [9.17, 15) is 24.6 Å². The lowest BCUT2D eigenvalue weighted by atomic mass is 9.98. The number of furan rings is 3. The highest BCUT2D eigenvalue weighted by Gasteiger charge is 2.28. The smallest absolute Gasteiger partial charge is 0.197 e. The summed E-state index contributed by atoms with van der Waals surface area (Å²) in [5, 5.41) is 20.1. The van der Waals surface area contributed by atoms with Crippen LogP contribution in [-0.4, -0.2) is 27.6 Å². The number of aliphatic hydroxyl groups is 2. The van der Waals surface area contributed by atoms with Gasteiger partial charge in [-0.1, -0.05) is 157 Å². The fraction of sp³-hybridized carbons (Fsp3) is 0.182. The predicted octanol–water partition coefficient (Wildman–Crippen LogP) is 18.5. The number of halogens is 7. The van der Waals surface area contributed by atoms with Crippen molar-refractivity contribution in [2.24, 2.45) is 0 Å². The van der Waals surface area contributed by atoms with E-state index in [0.29, 0.717) is 27.5 Å². The standard InChI is InChI=1S/C18H13Br2ClO2.2C18H14Br2O3.CH4/c3*1-9-13(19)7-11(8-14(9)20)17(22)16-12-5-3-4-6-15(12)23-18(16)10(2)21;/h3-8,10H,1-2H3;2*3-8,10,21H,1-2H3;1H4/i3D,4D,5D,6D;4D,5D;3D,6D;. The summed E-state index contributed by atoms with van der Waals surface area (Å²) in [6.45, 7) is 10.3. The minimum Gasteiger partial charge on any atom is -0.459 e. The zero-order valence-electron chi connectivity index (χ0n) is 45.0. The molecule has 8 nitrogen and oxygen atoms in total. The van der Waals surface area contributed by atoms with Crippen LogP contribution in [0.2, 0.25) is 0 Å². The van der Waals surface area contributed by atoms with Crippen molar-refractivity contribution in [3.05, 3.63) is 203 Å². The molecule has 0 fully saturated rings. The van der Waals surface area contributed by atoms with Crippen molar-refractivity contribution in [3.63, 3.8) is 0 Å². The number of benzene rings is 6. The average molecular weight is 1360 g/mol. The molecule has 6 aromatic carbocycles. The lowest BCUT2D eigenvalue weighted by Crippen LogP contribution is -2.06. The number of para-hydroxylation sites is 3. The number of fused-ring (bicyclic) bond motifs is 3. The summed E-state index contributed by atoms with van der Waals surface area (Å²) in [6.07, 6.45) is -2.03. The third-order valence-corrected chi connectivity index (χ3v) is 15.9. The van der Waals surface area contributed by atoms with E-state index >= 15 is 0 Å². The molecule has 9 rings (SSSR count). The van der Waals surface area contributed by atoms with E-state index in [4.69, 9.17) is 35.8 Å². The Hall–Kier alpha value is -3.96. The summed E-state index contributed by atoms with van der Waals surface area (Å²) in [7, 11) is 0. The van der Waals surface area contributed by atoms with Crippen LogP contribution in [0.4, 0.5) is 0 Å². The van der Waals surface area contributed by atoms with E-state index in [2.05, 4.69) is 95.6 Å². The Balaban J connectivity index is 0.000000188. The highest BCUT2D eigenvalue weighted by Crippen LogP contribution is 2.38. The van der Waals surface area contributed by atoms with Crippen LogP contribution in [0.15, 0.2) is 149 Å². The van der Waals surface area contributed by atoms with E-state index in [1.807, 2.05) is 20.8 Å². The zero-order valence-corrected chi connectivity index (χ0v) is 47.3. The maximum Gasteiger partial charge on any atom is 0.197 e. The van der Waals surface area contributed by atoms with Crippen molar-refractivity contribution in [3.8, 4) is 0 Å². The number of carbonyl (C=O) groups is 3. The number of hydrogen-bond donors (Lipinski definition) is 2. The van der Waals surface area contributed by atoms with Crippen LogP contribution >= 0.6 is 107 Å². The summed E-state index contributed by atoms with van der Waals surface area (Å²) < 4.78 is 85.1. The minimum atomic E-state index is -1.02. The van der Waals surface area contributed by atoms with Crippen LogP contribution in [0.25, 0.3) is 32.9 Å². The molecule has 0 aliphatic carbocycles. The number of ketones is 3. The molecular formula is C55H45Br6ClO8. The van der Waals surface area contributed by atoms with Crippen LogP contribution in [0, 0.1) is 20.8 Å². The molecule has 0 saturated heterocycles. The molecule has 0 spiro atoms. The fourth-order valence-electron chi connectivity index (χ4n) is 7.04. The molecule has 0 bridgehead atoms. The monoisotopic (exact) mass is 1350 g/mol. The van der Waals surface area contributed by atoms with Crippen molar-refractivity contribution < 1.29 is 48.8 Å². The Morgan fingerprint density at radius 1 is 0.500 bits per heavy atom. The molecule has 3 heterocycles. The van der Waals surface area contributed by atoms with Crippen molar-refractivity contribution in [2.45, 2.75) is 66.6 Å². The molecule has 0 radical (unpaired) electrons. The summed E-state index contributed by atoms with van der Waals surface area (Å²) >= 11 is 26.8. The third-order valence-electron chi connectivity index (χ3n) is 10.8. The highest BCUT2D eigenvalue weighted by molar-refractivity contribution is 9.11. The molecule has 0 aliphatic heterocycles. The van der Waals surface area contributed by atoms with Crippen molar-refractivity contribution in [1.29, 1.82) is 0 Å². The first-order valence-corrected chi connectivity index (χ1v) is 25.8. The van der Waals surface area contributed by atoms with Crippen LogP contribution in [-0.2, 0) is 0 Å². The first kappa shape index (κ1) is 44.7. The van der Waals surface area contributed by atoms with Gasteiger partial charge in [-0.15, -0.1) is 11.6 Å². The second-order valence-electron chi connectivity index (χ2n) is 15.6. The average Bonchev–Trinajstić information content (AvgIpc) is 4.08. The van der Waals surface area contributed by atoms with Gasteiger partial charge in [-0.2, -0.15) is 0 Å². The highest BCUT2D eigenvalue weighted by atomic mass is 79.9. The van der Waals surface area contributed by atoms with Gasteiger partial charge in [-0.25, -0.2) is 0 Å². The molecular weight excluding hydrogens is 1300 g/mol. The van der Waals surface area contributed by atoms with Crippen LogP contribution in [0.1, 0.15) is 138 Å². The topological polar surface area (TPSA) is 131 Å². The minimum absolute atomic E-state index is 0. The van der Waals surface area contributed by atoms with Crippen molar-refractivity contribution in [1.82, 2.24) is 0 Å². The molecule has 3 aromatic heterocycles. The third kappa shape index (κ3) is 11.5. The van der Waals surface area contributed by atoms with Crippen LogP contribution < -0.4 is 0 Å². The Bertz CT molecular complexity index is 3850. The Kier molecular flexibility index (Phi) is 14.9. The van der Waals surface area contributed by atoms with Gasteiger partial charge in [0.25, 0.3) is 0 Å². The van der Waals surface area contributed by atoms with E-state index in [0.717, 1.165) is 43.5 Å². The van der Waals surface area contributed by atoms with Gasteiger partial charge in [0.1, 0.15) is 46.2 Å².